The van der Waals surface area contributed by atoms with Crippen molar-refractivity contribution in [3.8, 4) is 0 Å². The van der Waals surface area contributed by atoms with Crippen LogP contribution in [-0.2, 0) is 6.54 Å². The fourth-order valence-corrected chi connectivity index (χ4v) is 1.99. The van der Waals surface area contributed by atoms with E-state index in [0.29, 0.717) is 0 Å². The molecule has 2 rings (SSSR count). The van der Waals surface area contributed by atoms with Gasteiger partial charge in [0.05, 0.1) is 11.4 Å². The maximum Gasteiger partial charge on any atom is 0.137 e. The predicted molar refractivity (Wildman–Crippen MR) is 72.5 cm³/mol. The lowest BCUT2D eigenvalue weighted by Crippen LogP contribution is -2.33. The Kier molecular flexibility index (Phi) is 3.99. The Morgan fingerprint density at radius 3 is 2.89 bits per heavy atom. The molecular formula is C14H21N3O. The molecule has 0 bridgehead atoms. The van der Waals surface area contributed by atoms with Gasteiger partial charge in [0.2, 0.25) is 0 Å². The second-order valence-electron chi connectivity index (χ2n) is 4.90. The van der Waals surface area contributed by atoms with Crippen molar-refractivity contribution in [1.29, 1.82) is 0 Å². The average molecular weight is 247 g/mol. The number of pyridine rings is 1. The molecule has 98 valence electrons. The number of imidazole rings is 1. The molecule has 0 aliphatic rings. The maximum absolute atomic E-state index is 9.13. The van der Waals surface area contributed by atoms with Crippen LogP contribution in [0.3, 0.4) is 0 Å². The van der Waals surface area contributed by atoms with Gasteiger partial charge in [0.1, 0.15) is 5.65 Å². The smallest absolute Gasteiger partial charge is 0.137 e. The largest absolute Gasteiger partial charge is 0.396 e. The van der Waals surface area contributed by atoms with E-state index in [9.17, 15) is 0 Å². The zero-order chi connectivity index (χ0) is 13.1. The summed E-state index contributed by atoms with van der Waals surface area (Å²) >= 11 is 0. The van der Waals surface area contributed by atoms with E-state index in [1.54, 1.807) is 0 Å². The predicted octanol–water partition coefficient (Wildman–Crippen LogP) is 1.75. The highest BCUT2D eigenvalue weighted by atomic mass is 16.3. The van der Waals surface area contributed by atoms with Gasteiger partial charge in [0.15, 0.2) is 0 Å². The van der Waals surface area contributed by atoms with Crippen molar-refractivity contribution in [3.63, 3.8) is 0 Å². The Balaban J connectivity index is 2.14. The van der Waals surface area contributed by atoms with E-state index in [1.165, 1.54) is 5.69 Å². The van der Waals surface area contributed by atoms with E-state index < -0.39 is 0 Å². The summed E-state index contributed by atoms with van der Waals surface area (Å²) in [6, 6.07) is 6.30. The van der Waals surface area contributed by atoms with Crippen molar-refractivity contribution < 1.29 is 5.11 Å². The highest BCUT2D eigenvalue weighted by Gasteiger charge is 2.13. The molecule has 0 fully saturated rings. The third kappa shape index (κ3) is 2.54. The number of nitrogens with zero attached hydrogens (tertiary/aromatic N) is 2. The number of fused-ring (bicyclic) bond motifs is 1. The molecule has 0 aromatic carbocycles. The lowest BCUT2D eigenvalue weighted by atomic mass is 10.1. The maximum atomic E-state index is 9.13. The lowest BCUT2D eigenvalue weighted by Gasteiger charge is -2.19. The lowest BCUT2D eigenvalue weighted by molar-refractivity contribution is 0.206. The number of aliphatic hydroxyl groups is 1. The zero-order valence-corrected chi connectivity index (χ0v) is 11.2. The standard InChI is InChI=1S/C14H21N3O/c1-10(9-18)11(2)15-8-13-12(3)16-14-6-4-5-7-17(13)14/h4-7,10-11,15,18H,8-9H2,1-3H3. The molecule has 2 aromatic rings. The molecule has 0 amide bonds. The highest BCUT2D eigenvalue weighted by Crippen LogP contribution is 2.12. The van der Waals surface area contributed by atoms with Crippen LogP contribution in [0, 0.1) is 12.8 Å². The van der Waals surface area contributed by atoms with Crippen molar-refractivity contribution in [2.24, 2.45) is 5.92 Å². The molecule has 2 heterocycles. The Bertz CT molecular complexity index is 521. The molecule has 2 aromatic heterocycles. The second-order valence-corrected chi connectivity index (χ2v) is 4.90. The molecule has 4 nitrogen and oxygen atoms in total. The van der Waals surface area contributed by atoms with Crippen LogP contribution in [-0.4, -0.2) is 27.1 Å². The van der Waals surface area contributed by atoms with E-state index in [1.807, 2.05) is 38.2 Å². The summed E-state index contributed by atoms with van der Waals surface area (Å²) in [7, 11) is 0. The summed E-state index contributed by atoms with van der Waals surface area (Å²) in [6.07, 6.45) is 2.03. The van der Waals surface area contributed by atoms with Crippen molar-refractivity contribution >= 4 is 5.65 Å². The molecule has 2 N–H and O–H groups in total. The first-order valence-electron chi connectivity index (χ1n) is 6.40. The normalized spacial score (nSPS) is 14.9. The molecule has 0 saturated carbocycles. The van der Waals surface area contributed by atoms with Crippen LogP contribution in [0.5, 0.6) is 0 Å². The van der Waals surface area contributed by atoms with Gasteiger partial charge < -0.3 is 14.8 Å². The third-order valence-electron chi connectivity index (χ3n) is 3.56. The molecule has 2 atom stereocenters. The molecular weight excluding hydrogens is 226 g/mol. The van der Waals surface area contributed by atoms with Crippen molar-refractivity contribution in [3.05, 3.63) is 35.8 Å². The van der Waals surface area contributed by atoms with Crippen molar-refractivity contribution in [2.75, 3.05) is 6.61 Å². The van der Waals surface area contributed by atoms with E-state index in [2.05, 4.69) is 21.6 Å². The SMILES string of the molecule is Cc1nc2ccccn2c1CNC(C)C(C)CO. The molecule has 0 saturated heterocycles. The number of hydrogen-bond donors (Lipinski definition) is 2. The molecule has 18 heavy (non-hydrogen) atoms. The summed E-state index contributed by atoms with van der Waals surface area (Å²) in [5.41, 5.74) is 3.22. The number of rotatable bonds is 5. The van der Waals surface area contributed by atoms with Gasteiger partial charge in [-0.3, -0.25) is 0 Å². The van der Waals surface area contributed by atoms with Crippen molar-refractivity contribution in [1.82, 2.24) is 14.7 Å². The number of nitrogens with one attached hydrogen (secondary N) is 1. The third-order valence-corrected chi connectivity index (χ3v) is 3.56. The second kappa shape index (κ2) is 5.50. The summed E-state index contributed by atoms with van der Waals surface area (Å²) in [4.78, 5) is 4.53. The Morgan fingerprint density at radius 1 is 1.39 bits per heavy atom. The Labute approximate surface area is 108 Å². The summed E-state index contributed by atoms with van der Waals surface area (Å²) in [5, 5.41) is 12.6. The fraction of sp³-hybridized carbons (Fsp3) is 0.500. The van der Waals surface area contributed by atoms with Crippen LogP contribution in [0.25, 0.3) is 5.65 Å². The highest BCUT2D eigenvalue weighted by molar-refractivity contribution is 5.42. The van der Waals surface area contributed by atoms with Gasteiger partial charge in [-0.1, -0.05) is 13.0 Å². The first-order valence-corrected chi connectivity index (χ1v) is 6.40. The zero-order valence-electron chi connectivity index (χ0n) is 11.2. The number of hydrogen-bond acceptors (Lipinski definition) is 3. The number of aromatic nitrogens is 2. The van der Waals surface area contributed by atoms with Gasteiger partial charge >= 0.3 is 0 Å². The number of aliphatic hydroxyl groups excluding tert-OH is 1. The van der Waals surface area contributed by atoms with Gasteiger partial charge in [0.25, 0.3) is 0 Å². The van der Waals surface area contributed by atoms with Crippen LogP contribution in [0.2, 0.25) is 0 Å². The van der Waals surface area contributed by atoms with E-state index in [4.69, 9.17) is 5.11 Å². The van der Waals surface area contributed by atoms with Gasteiger partial charge in [-0.05, 0) is 31.9 Å². The quantitative estimate of drug-likeness (QED) is 0.846. The first kappa shape index (κ1) is 13.1. The Hall–Kier alpha value is -1.39. The van der Waals surface area contributed by atoms with Crippen molar-refractivity contribution in [2.45, 2.75) is 33.4 Å². The minimum Gasteiger partial charge on any atom is -0.396 e. The van der Waals surface area contributed by atoms with Crippen LogP contribution >= 0.6 is 0 Å². The summed E-state index contributed by atoms with van der Waals surface area (Å²) < 4.78 is 2.11. The van der Waals surface area contributed by atoms with Gasteiger partial charge in [-0.2, -0.15) is 0 Å². The fourth-order valence-electron chi connectivity index (χ4n) is 1.99. The van der Waals surface area contributed by atoms with E-state index in [-0.39, 0.29) is 18.6 Å². The average Bonchev–Trinajstić information content (AvgIpc) is 2.70. The molecule has 0 spiro atoms. The molecule has 0 aliphatic carbocycles. The van der Waals surface area contributed by atoms with Gasteiger partial charge in [0, 0.05) is 25.4 Å². The number of aryl methyl sites for hydroxylation is 1. The van der Waals surface area contributed by atoms with Crippen LogP contribution < -0.4 is 5.32 Å². The summed E-state index contributed by atoms with van der Waals surface area (Å²) in [6.45, 7) is 7.14. The minimum absolute atomic E-state index is 0.209. The molecule has 2 unspecified atom stereocenters. The first-order chi connectivity index (χ1) is 8.63. The van der Waals surface area contributed by atoms with Gasteiger partial charge in [-0.15, -0.1) is 0 Å². The van der Waals surface area contributed by atoms with E-state index >= 15 is 0 Å². The molecule has 0 aliphatic heterocycles. The molecule has 0 radical (unpaired) electrons. The monoisotopic (exact) mass is 247 g/mol. The van der Waals surface area contributed by atoms with Crippen LogP contribution in [0.4, 0.5) is 0 Å². The van der Waals surface area contributed by atoms with Crippen LogP contribution in [0.15, 0.2) is 24.4 Å². The molecule has 4 heteroatoms. The van der Waals surface area contributed by atoms with Gasteiger partial charge in [-0.25, -0.2) is 4.98 Å². The Morgan fingerprint density at radius 2 is 2.17 bits per heavy atom. The van der Waals surface area contributed by atoms with E-state index in [0.717, 1.165) is 17.9 Å². The minimum atomic E-state index is 0.209. The topological polar surface area (TPSA) is 49.6 Å². The van der Waals surface area contributed by atoms with Crippen LogP contribution in [0.1, 0.15) is 25.2 Å². The summed E-state index contributed by atoms with van der Waals surface area (Å²) in [5.74, 6) is 0.254.